The van der Waals surface area contributed by atoms with Crippen LogP contribution in [0.4, 0.5) is 11.4 Å². The van der Waals surface area contributed by atoms with E-state index in [4.69, 9.17) is 9.72 Å². The third-order valence-corrected chi connectivity index (χ3v) is 13.2. The molecule has 8 aromatic rings. The van der Waals surface area contributed by atoms with E-state index in [1.165, 1.54) is 77.8 Å². The maximum atomic E-state index is 7.00. The second kappa shape index (κ2) is 16.1. The van der Waals surface area contributed by atoms with Crippen molar-refractivity contribution in [3.63, 3.8) is 0 Å². The zero-order valence-corrected chi connectivity index (χ0v) is 40.7. The monoisotopic (exact) mass is 857 g/mol. The molecule has 0 aliphatic carbocycles. The van der Waals surface area contributed by atoms with Crippen LogP contribution in [-0.2, 0) is 10.8 Å². The molecule has 3 heterocycles. The van der Waals surface area contributed by atoms with Crippen LogP contribution >= 0.6 is 0 Å². The number of aromatic nitrogens is 2. The number of aryl methyl sites for hydroxylation is 4. The van der Waals surface area contributed by atoms with Gasteiger partial charge < -0.3 is 14.5 Å². The van der Waals surface area contributed by atoms with E-state index >= 15 is 0 Å². The number of ether oxygens (including phenoxy) is 1. The van der Waals surface area contributed by atoms with Crippen molar-refractivity contribution in [1.82, 2.24) is 9.55 Å². The van der Waals surface area contributed by atoms with Crippen molar-refractivity contribution >= 4 is 33.2 Å². The van der Waals surface area contributed by atoms with Crippen LogP contribution in [-0.4, -0.2) is 16.2 Å². The summed E-state index contributed by atoms with van der Waals surface area (Å²) in [5, 5.41) is 2.36. The van der Waals surface area contributed by atoms with E-state index in [1.54, 1.807) is 0 Å². The molecular formula is C60H64N4O. The van der Waals surface area contributed by atoms with Gasteiger partial charge in [-0.25, -0.2) is 4.98 Å². The Bertz CT molecular complexity index is 3050. The van der Waals surface area contributed by atoms with Crippen LogP contribution in [0.15, 0.2) is 145 Å². The molecule has 9 rings (SSSR count). The number of rotatable bonds is 7. The summed E-state index contributed by atoms with van der Waals surface area (Å²) in [6.07, 6.45) is 4.31. The van der Waals surface area contributed by atoms with E-state index in [0.717, 1.165) is 34.0 Å². The summed E-state index contributed by atoms with van der Waals surface area (Å²) >= 11 is 0. The molecule has 1 aliphatic rings. The zero-order chi connectivity index (χ0) is 46.2. The smallest absolute Gasteiger partial charge is 0.137 e. The van der Waals surface area contributed by atoms with Gasteiger partial charge in [0.25, 0.3) is 0 Å². The number of para-hydroxylation sites is 1. The molecule has 0 saturated heterocycles. The van der Waals surface area contributed by atoms with Crippen molar-refractivity contribution in [2.24, 2.45) is 5.41 Å². The van der Waals surface area contributed by atoms with Crippen LogP contribution < -0.4 is 14.5 Å². The number of anilines is 2. The first-order valence-electron chi connectivity index (χ1n) is 23.1. The molecule has 5 heteroatoms. The Morgan fingerprint density at radius 2 is 1.09 bits per heavy atom. The van der Waals surface area contributed by atoms with Gasteiger partial charge in [0.05, 0.1) is 17.7 Å². The van der Waals surface area contributed by atoms with Gasteiger partial charge in [-0.2, -0.15) is 0 Å². The second-order valence-electron chi connectivity index (χ2n) is 21.4. The molecule has 0 bridgehead atoms. The molecule has 0 amide bonds. The van der Waals surface area contributed by atoms with Crippen molar-refractivity contribution in [3.05, 3.63) is 179 Å². The quantitative estimate of drug-likeness (QED) is 0.160. The van der Waals surface area contributed by atoms with E-state index in [0.29, 0.717) is 6.67 Å². The van der Waals surface area contributed by atoms with Gasteiger partial charge >= 0.3 is 0 Å². The Balaban J connectivity index is 1.14. The molecule has 5 nitrogen and oxygen atoms in total. The SMILES string of the molecule is Cc1cccc(C)c1-c1cc(-c2c(C)cccc2C)cc(N2C=C(C(C)(C)C)N(c3cc(Oc4ccc5c6ccccc6n(-c6cc(C(C)(C)C)ccn6)c5c4)cc(C(C)(C)C)c3)C2)c1. The lowest BCUT2D eigenvalue weighted by atomic mass is 9.86. The van der Waals surface area contributed by atoms with Crippen LogP contribution in [0.3, 0.4) is 0 Å². The molecule has 0 N–H and O–H groups in total. The molecule has 0 atom stereocenters. The third-order valence-electron chi connectivity index (χ3n) is 13.2. The molecule has 0 fully saturated rings. The van der Waals surface area contributed by atoms with E-state index in [9.17, 15) is 0 Å². The second-order valence-corrected chi connectivity index (χ2v) is 21.4. The summed E-state index contributed by atoms with van der Waals surface area (Å²) in [5.41, 5.74) is 18.1. The molecule has 1 aliphatic heterocycles. The van der Waals surface area contributed by atoms with Crippen LogP contribution in [0.5, 0.6) is 11.5 Å². The Labute approximate surface area is 387 Å². The molecule has 6 aromatic carbocycles. The lowest BCUT2D eigenvalue weighted by Crippen LogP contribution is -2.31. The van der Waals surface area contributed by atoms with Crippen molar-refractivity contribution in [3.8, 4) is 39.6 Å². The average Bonchev–Trinajstić information content (AvgIpc) is 3.84. The Morgan fingerprint density at radius 1 is 0.492 bits per heavy atom. The third kappa shape index (κ3) is 8.34. The van der Waals surface area contributed by atoms with Crippen molar-refractivity contribution in [2.75, 3.05) is 16.5 Å². The minimum atomic E-state index is -0.149. The minimum Gasteiger partial charge on any atom is -0.457 e. The highest BCUT2D eigenvalue weighted by Gasteiger charge is 2.33. The summed E-state index contributed by atoms with van der Waals surface area (Å²) in [5.74, 6) is 2.49. The van der Waals surface area contributed by atoms with Crippen molar-refractivity contribution in [2.45, 2.75) is 101 Å². The van der Waals surface area contributed by atoms with Gasteiger partial charge in [0.2, 0.25) is 0 Å². The van der Waals surface area contributed by atoms with Gasteiger partial charge in [-0.15, -0.1) is 0 Å². The van der Waals surface area contributed by atoms with Gasteiger partial charge in [-0.3, -0.25) is 4.57 Å². The van der Waals surface area contributed by atoms with Crippen molar-refractivity contribution in [1.29, 1.82) is 0 Å². The topological polar surface area (TPSA) is 33.5 Å². The number of hydrogen-bond acceptors (Lipinski definition) is 4. The first-order valence-corrected chi connectivity index (χ1v) is 23.1. The highest BCUT2D eigenvalue weighted by molar-refractivity contribution is 6.09. The molecule has 2 aromatic heterocycles. The molecule has 0 saturated carbocycles. The maximum Gasteiger partial charge on any atom is 0.137 e. The van der Waals surface area contributed by atoms with Gasteiger partial charge in [-0.1, -0.05) is 117 Å². The van der Waals surface area contributed by atoms with Gasteiger partial charge in [-0.05, 0) is 155 Å². The lowest BCUT2D eigenvalue weighted by Gasteiger charge is -2.32. The van der Waals surface area contributed by atoms with Crippen molar-refractivity contribution < 1.29 is 4.74 Å². The van der Waals surface area contributed by atoms with Crippen LogP contribution in [0.25, 0.3) is 49.9 Å². The van der Waals surface area contributed by atoms with E-state index < -0.39 is 0 Å². The van der Waals surface area contributed by atoms with Gasteiger partial charge in [0.1, 0.15) is 17.3 Å². The maximum absolute atomic E-state index is 7.00. The number of pyridine rings is 1. The summed E-state index contributed by atoms with van der Waals surface area (Å²) in [7, 11) is 0. The molecule has 330 valence electrons. The predicted octanol–water partition coefficient (Wildman–Crippen LogP) is 16.3. The molecular weight excluding hydrogens is 793 g/mol. The molecule has 0 unspecified atom stereocenters. The predicted molar refractivity (Wildman–Crippen MR) is 276 cm³/mol. The largest absolute Gasteiger partial charge is 0.457 e. The Morgan fingerprint density at radius 3 is 1.69 bits per heavy atom. The van der Waals surface area contributed by atoms with E-state index in [1.807, 2.05) is 6.20 Å². The molecule has 65 heavy (non-hydrogen) atoms. The zero-order valence-electron chi connectivity index (χ0n) is 40.7. The van der Waals surface area contributed by atoms with Crippen LogP contribution in [0.2, 0.25) is 0 Å². The fourth-order valence-electron chi connectivity index (χ4n) is 9.70. The highest BCUT2D eigenvalue weighted by atomic mass is 16.5. The number of benzene rings is 6. The summed E-state index contributed by atoms with van der Waals surface area (Å²) in [6, 6.07) is 46.6. The number of hydrogen-bond donors (Lipinski definition) is 0. The normalized spacial score (nSPS) is 13.6. The van der Waals surface area contributed by atoms with Gasteiger partial charge in [0, 0.05) is 57.8 Å². The number of fused-ring (bicyclic) bond motifs is 3. The summed E-state index contributed by atoms with van der Waals surface area (Å²) in [6.45, 7) is 30.1. The fraction of sp³-hybridized carbons (Fsp3) is 0.283. The van der Waals surface area contributed by atoms with Crippen LogP contribution in [0.1, 0.15) is 95.7 Å². The molecule has 0 radical (unpaired) electrons. The minimum absolute atomic E-state index is 0.0112. The first kappa shape index (κ1) is 43.7. The average molecular weight is 857 g/mol. The molecule has 0 spiro atoms. The van der Waals surface area contributed by atoms with Gasteiger partial charge in [0.15, 0.2) is 0 Å². The summed E-state index contributed by atoms with van der Waals surface area (Å²) in [4.78, 5) is 9.85. The standard InChI is InChI=1S/C60H64N4O/c1-38-18-16-19-39(2)56(38)42-28-43(57-40(3)20-17-21-41(57)4)30-46(29-42)62-36-54(60(11,12)13)63(37-62)47-31-45(59(8,9)10)32-49(34-47)65-48-24-25-51-50-22-14-15-23-52(50)64(53(51)35-48)55-33-44(26-27-61-55)58(5,6)7/h14-36H,37H2,1-13H3. The van der Waals surface area contributed by atoms with E-state index in [2.05, 4.69) is 238 Å². The first-order chi connectivity index (χ1) is 30.7. The fourth-order valence-corrected chi connectivity index (χ4v) is 9.70. The number of allylic oxidation sites excluding steroid dienone is 1. The summed E-state index contributed by atoms with van der Waals surface area (Å²) < 4.78 is 9.28. The van der Waals surface area contributed by atoms with E-state index in [-0.39, 0.29) is 16.2 Å². The highest BCUT2D eigenvalue weighted by Crippen LogP contribution is 2.44. The lowest BCUT2D eigenvalue weighted by molar-refractivity contribution is 0.477. The Hall–Kier alpha value is -6.59. The Kier molecular flexibility index (Phi) is 10.8. The van der Waals surface area contributed by atoms with Crippen LogP contribution in [0, 0.1) is 33.1 Å². The number of nitrogens with zero attached hydrogens (tertiary/aromatic N) is 4.